The Hall–Kier alpha value is -0.0800. The first-order chi connectivity index (χ1) is 5.52. The van der Waals surface area contributed by atoms with Gasteiger partial charge in [-0.05, 0) is 30.6 Å². The van der Waals surface area contributed by atoms with Gasteiger partial charge in [0.25, 0.3) is 0 Å². The van der Waals surface area contributed by atoms with Crippen molar-refractivity contribution in [2.45, 2.75) is 45.8 Å². The molecule has 1 aliphatic carbocycles. The van der Waals surface area contributed by atoms with Gasteiger partial charge >= 0.3 is 0 Å². The summed E-state index contributed by atoms with van der Waals surface area (Å²) in [6, 6.07) is 0. The van der Waals surface area contributed by atoms with Crippen molar-refractivity contribution in [1.82, 2.24) is 0 Å². The number of rotatable bonds is 1. The van der Waals surface area contributed by atoms with Crippen LogP contribution in [0.3, 0.4) is 0 Å². The molecule has 0 saturated heterocycles. The Kier molecular flexibility index (Phi) is 3.13. The van der Waals surface area contributed by atoms with Crippen molar-refractivity contribution in [3.05, 3.63) is 0 Å². The predicted molar refractivity (Wildman–Crippen MR) is 48.7 cm³/mol. The van der Waals surface area contributed by atoms with Gasteiger partial charge in [0, 0.05) is 0 Å². The molecule has 0 radical (unpaired) electrons. The zero-order valence-electron chi connectivity index (χ0n) is 8.20. The van der Waals surface area contributed by atoms with Crippen LogP contribution >= 0.6 is 0 Å². The lowest BCUT2D eigenvalue weighted by Gasteiger charge is -2.37. The van der Waals surface area contributed by atoms with Crippen molar-refractivity contribution in [3.63, 3.8) is 0 Å². The minimum absolute atomic E-state index is 0.205. The molecule has 1 rings (SSSR count). The number of aliphatic hydroxyl groups is 2. The van der Waals surface area contributed by atoms with Crippen molar-refractivity contribution >= 4 is 0 Å². The lowest BCUT2D eigenvalue weighted by Crippen LogP contribution is -2.39. The molecule has 1 saturated carbocycles. The van der Waals surface area contributed by atoms with Gasteiger partial charge in [-0.15, -0.1) is 0 Å². The second-order valence-electron chi connectivity index (χ2n) is 4.49. The van der Waals surface area contributed by atoms with Crippen LogP contribution in [-0.4, -0.2) is 22.4 Å². The van der Waals surface area contributed by atoms with E-state index in [-0.39, 0.29) is 24.0 Å². The monoisotopic (exact) mass is 172 g/mol. The van der Waals surface area contributed by atoms with Gasteiger partial charge in [-0.25, -0.2) is 0 Å². The zero-order chi connectivity index (χ0) is 9.30. The minimum atomic E-state index is -0.208. The molecule has 0 aromatic heterocycles. The minimum Gasteiger partial charge on any atom is -0.393 e. The van der Waals surface area contributed by atoms with Crippen LogP contribution in [0.1, 0.15) is 33.6 Å². The van der Waals surface area contributed by atoms with Crippen LogP contribution in [0.15, 0.2) is 0 Å². The number of hydrogen-bond donors (Lipinski definition) is 2. The van der Waals surface area contributed by atoms with E-state index in [4.69, 9.17) is 0 Å². The van der Waals surface area contributed by atoms with E-state index >= 15 is 0 Å². The molecule has 1 fully saturated rings. The molecular weight excluding hydrogens is 152 g/mol. The highest BCUT2D eigenvalue weighted by atomic mass is 16.3. The predicted octanol–water partition coefficient (Wildman–Crippen LogP) is 1.41. The van der Waals surface area contributed by atoms with Crippen LogP contribution in [0, 0.1) is 17.8 Å². The van der Waals surface area contributed by atoms with Gasteiger partial charge in [-0.1, -0.05) is 20.8 Å². The second kappa shape index (κ2) is 3.75. The van der Waals surface area contributed by atoms with Gasteiger partial charge in [0.2, 0.25) is 0 Å². The molecule has 0 bridgehead atoms. The molecule has 12 heavy (non-hydrogen) atoms. The fourth-order valence-corrected chi connectivity index (χ4v) is 2.10. The van der Waals surface area contributed by atoms with Crippen LogP contribution < -0.4 is 0 Å². The largest absolute Gasteiger partial charge is 0.393 e. The Morgan fingerprint density at radius 3 is 2.17 bits per heavy atom. The maximum atomic E-state index is 9.72. The summed E-state index contributed by atoms with van der Waals surface area (Å²) in [5.41, 5.74) is 0. The van der Waals surface area contributed by atoms with Gasteiger partial charge in [0.1, 0.15) is 0 Å². The Morgan fingerprint density at radius 1 is 1.08 bits per heavy atom. The molecule has 0 heterocycles. The van der Waals surface area contributed by atoms with Gasteiger partial charge in [0.05, 0.1) is 12.2 Å². The number of aliphatic hydroxyl groups excluding tert-OH is 2. The average molecular weight is 172 g/mol. The average Bonchev–Trinajstić information content (AvgIpc) is 1.96. The standard InChI is InChI=1S/C10H20O2/c1-6(2)8-5-9(11)7(3)4-10(8)12/h6-12H,4-5H2,1-3H3/t7-,8-,9?,10?/m1/s1. The van der Waals surface area contributed by atoms with Crippen molar-refractivity contribution < 1.29 is 10.2 Å². The summed E-state index contributed by atoms with van der Waals surface area (Å²) in [5, 5.41) is 19.3. The lowest BCUT2D eigenvalue weighted by atomic mass is 9.74. The maximum absolute atomic E-state index is 9.72. The Labute approximate surface area is 74.6 Å². The molecule has 1 aliphatic rings. The summed E-state index contributed by atoms with van der Waals surface area (Å²) in [6.07, 6.45) is 1.11. The quantitative estimate of drug-likeness (QED) is 0.628. The summed E-state index contributed by atoms with van der Waals surface area (Å²) in [4.78, 5) is 0. The third kappa shape index (κ3) is 1.99. The van der Waals surface area contributed by atoms with E-state index in [1.165, 1.54) is 0 Å². The first kappa shape index (κ1) is 10.0. The van der Waals surface area contributed by atoms with E-state index in [9.17, 15) is 10.2 Å². The topological polar surface area (TPSA) is 40.5 Å². The number of hydrogen-bond acceptors (Lipinski definition) is 2. The van der Waals surface area contributed by atoms with Crippen molar-refractivity contribution in [2.24, 2.45) is 17.8 Å². The van der Waals surface area contributed by atoms with E-state index in [0.717, 1.165) is 12.8 Å². The van der Waals surface area contributed by atoms with E-state index in [1.54, 1.807) is 0 Å². The van der Waals surface area contributed by atoms with Gasteiger partial charge in [0.15, 0.2) is 0 Å². The third-order valence-corrected chi connectivity index (χ3v) is 3.13. The summed E-state index contributed by atoms with van der Waals surface area (Å²) < 4.78 is 0. The van der Waals surface area contributed by atoms with Crippen molar-refractivity contribution in [3.8, 4) is 0 Å². The van der Waals surface area contributed by atoms with E-state index in [2.05, 4.69) is 13.8 Å². The maximum Gasteiger partial charge on any atom is 0.0575 e. The van der Waals surface area contributed by atoms with Crippen molar-refractivity contribution in [1.29, 1.82) is 0 Å². The van der Waals surface area contributed by atoms with Gasteiger partial charge in [-0.2, -0.15) is 0 Å². The first-order valence-corrected chi connectivity index (χ1v) is 4.88. The normalized spacial score (nSPS) is 43.5. The summed E-state index contributed by atoms with van der Waals surface area (Å²) >= 11 is 0. The molecular formula is C10H20O2. The van der Waals surface area contributed by atoms with Crippen LogP contribution in [0.4, 0.5) is 0 Å². The Balaban J connectivity index is 2.55. The summed E-state index contributed by atoms with van der Waals surface area (Å²) in [5.74, 6) is 1.02. The lowest BCUT2D eigenvalue weighted by molar-refractivity contribution is -0.0413. The molecule has 0 aromatic rings. The molecule has 4 atom stereocenters. The van der Waals surface area contributed by atoms with E-state index in [1.807, 2.05) is 6.92 Å². The molecule has 2 nitrogen and oxygen atoms in total. The zero-order valence-corrected chi connectivity index (χ0v) is 8.20. The molecule has 0 aliphatic heterocycles. The first-order valence-electron chi connectivity index (χ1n) is 4.88. The highest BCUT2D eigenvalue weighted by Gasteiger charge is 2.34. The molecule has 72 valence electrons. The molecule has 2 heteroatoms. The van der Waals surface area contributed by atoms with Crippen LogP contribution in [0.25, 0.3) is 0 Å². The highest BCUT2D eigenvalue weighted by molar-refractivity contribution is 4.84. The van der Waals surface area contributed by atoms with E-state index < -0.39 is 0 Å². The van der Waals surface area contributed by atoms with Crippen molar-refractivity contribution in [2.75, 3.05) is 0 Å². The molecule has 2 N–H and O–H groups in total. The van der Waals surface area contributed by atoms with Gasteiger partial charge in [-0.3, -0.25) is 0 Å². The Morgan fingerprint density at radius 2 is 1.67 bits per heavy atom. The van der Waals surface area contributed by atoms with Crippen LogP contribution in [0.2, 0.25) is 0 Å². The summed E-state index contributed by atoms with van der Waals surface area (Å²) in [7, 11) is 0. The fourth-order valence-electron chi connectivity index (χ4n) is 2.10. The third-order valence-electron chi connectivity index (χ3n) is 3.13. The molecule has 0 spiro atoms. The molecule has 2 unspecified atom stereocenters. The second-order valence-corrected chi connectivity index (χ2v) is 4.49. The van der Waals surface area contributed by atoms with Crippen LogP contribution in [0.5, 0.6) is 0 Å². The SMILES string of the molecule is CC(C)[C@H]1CC(O)[C@H](C)CC1O. The molecule has 0 aromatic carbocycles. The fraction of sp³-hybridized carbons (Fsp3) is 1.00. The van der Waals surface area contributed by atoms with Gasteiger partial charge < -0.3 is 10.2 Å². The summed E-state index contributed by atoms with van der Waals surface area (Å²) in [6.45, 7) is 6.22. The Bertz CT molecular complexity index is 145. The highest BCUT2D eigenvalue weighted by Crippen LogP contribution is 2.33. The molecule has 0 amide bonds. The van der Waals surface area contributed by atoms with E-state index in [0.29, 0.717) is 5.92 Å². The van der Waals surface area contributed by atoms with Crippen LogP contribution in [-0.2, 0) is 0 Å². The smallest absolute Gasteiger partial charge is 0.0575 e.